The third kappa shape index (κ3) is 1.95. The summed E-state index contributed by atoms with van der Waals surface area (Å²) in [5.74, 6) is -1.40. The molecule has 0 saturated heterocycles. The van der Waals surface area contributed by atoms with E-state index in [-0.39, 0.29) is 5.92 Å². The first-order valence-electron chi connectivity index (χ1n) is 5.77. The quantitative estimate of drug-likeness (QED) is 0.605. The van der Waals surface area contributed by atoms with Crippen molar-refractivity contribution in [2.45, 2.75) is 12.3 Å². The number of ether oxygens (including phenoxy) is 2. The van der Waals surface area contributed by atoms with E-state index >= 15 is 0 Å². The summed E-state index contributed by atoms with van der Waals surface area (Å²) >= 11 is 0. The Labute approximate surface area is 110 Å². The lowest BCUT2D eigenvalue weighted by Crippen LogP contribution is -2.30. The Hall–Kier alpha value is -2.35. The normalized spacial score (nSPS) is 19.1. The van der Waals surface area contributed by atoms with Crippen molar-refractivity contribution < 1.29 is 19.1 Å². The largest absolute Gasteiger partial charge is 0.468 e. The van der Waals surface area contributed by atoms with E-state index in [4.69, 9.17) is 14.7 Å². The van der Waals surface area contributed by atoms with E-state index in [9.17, 15) is 9.59 Å². The molecular formula is C14H13NO4. The number of esters is 2. The van der Waals surface area contributed by atoms with Crippen LogP contribution in [0.4, 0.5) is 0 Å². The number of methoxy groups -OCH3 is 2. The minimum atomic E-state index is -1.22. The van der Waals surface area contributed by atoms with Gasteiger partial charge in [-0.05, 0) is 24.1 Å². The second-order valence-electron chi connectivity index (χ2n) is 4.45. The molecule has 0 heterocycles. The third-order valence-corrected chi connectivity index (χ3v) is 3.50. The number of rotatable bonds is 3. The maximum Gasteiger partial charge on any atom is 0.323 e. The molecule has 1 aromatic carbocycles. The molecule has 0 radical (unpaired) electrons. The number of nitriles is 1. The van der Waals surface area contributed by atoms with Gasteiger partial charge in [0.25, 0.3) is 0 Å². The number of nitrogens with zero attached hydrogens (tertiary/aromatic N) is 1. The molecule has 5 heteroatoms. The van der Waals surface area contributed by atoms with Crippen LogP contribution in [0.2, 0.25) is 0 Å². The van der Waals surface area contributed by atoms with E-state index in [0.29, 0.717) is 12.0 Å². The molecule has 1 aliphatic carbocycles. The molecule has 98 valence electrons. The van der Waals surface area contributed by atoms with E-state index in [0.717, 1.165) is 5.56 Å². The van der Waals surface area contributed by atoms with Gasteiger partial charge in [-0.2, -0.15) is 5.26 Å². The minimum Gasteiger partial charge on any atom is -0.468 e. The predicted molar refractivity (Wildman–Crippen MR) is 65.0 cm³/mol. The Morgan fingerprint density at radius 1 is 1.21 bits per heavy atom. The SMILES string of the molecule is COC(=O)C1(C(=O)OC)CC1c1ccc(C#N)cc1. The number of benzene rings is 1. The first-order chi connectivity index (χ1) is 9.09. The highest BCUT2D eigenvalue weighted by Crippen LogP contribution is 2.60. The highest BCUT2D eigenvalue weighted by molar-refractivity contribution is 6.05. The van der Waals surface area contributed by atoms with E-state index in [1.54, 1.807) is 24.3 Å². The van der Waals surface area contributed by atoms with Crippen LogP contribution in [-0.2, 0) is 19.1 Å². The number of hydrogen-bond acceptors (Lipinski definition) is 5. The van der Waals surface area contributed by atoms with Crippen LogP contribution in [0.25, 0.3) is 0 Å². The molecular weight excluding hydrogens is 246 g/mol. The Morgan fingerprint density at radius 2 is 1.74 bits per heavy atom. The molecule has 1 unspecified atom stereocenters. The smallest absolute Gasteiger partial charge is 0.323 e. The van der Waals surface area contributed by atoms with Crippen molar-refractivity contribution in [1.82, 2.24) is 0 Å². The van der Waals surface area contributed by atoms with Gasteiger partial charge in [0.1, 0.15) is 0 Å². The van der Waals surface area contributed by atoms with Crippen LogP contribution in [-0.4, -0.2) is 26.2 Å². The second-order valence-corrected chi connectivity index (χ2v) is 4.45. The standard InChI is InChI=1S/C14H13NO4/c1-18-12(16)14(13(17)19-2)7-11(14)10-5-3-9(8-15)4-6-10/h3-6,11H,7H2,1-2H3. The van der Waals surface area contributed by atoms with Gasteiger partial charge in [0.2, 0.25) is 0 Å². The van der Waals surface area contributed by atoms with E-state index in [1.807, 2.05) is 6.07 Å². The summed E-state index contributed by atoms with van der Waals surface area (Å²) in [5, 5.41) is 8.74. The maximum absolute atomic E-state index is 11.8. The van der Waals surface area contributed by atoms with Crippen LogP contribution < -0.4 is 0 Å². The summed E-state index contributed by atoms with van der Waals surface area (Å²) in [6.07, 6.45) is 0.373. The third-order valence-electron chi connectivity index (χ3n) is 3.50. The molecule has 1 aromatic rings. The van der Waals surface area contributed by atoms with Crippen molar-refractivity contribution in [3.05, 3.63) is 35.4 Å². The number of carbonyl (C=O) groups excluding carboxylic acids is 2. The average molecular weight is 259 g/mol. The van der Waals surface area contributed by atoms with Crippen molar-refractivity contribution in [2.24, 2.45) is 5.41 Å². The topological polar surface area (TPSA) is 76.4 Å². The van der Waals surface area contributed by atoms with Crippen molar-refractivity contribution in [1.29, 1.82) is 5.26 Å². The Kier molecular flexibility index (Phi) is 3.26. The van der Waals surface area contributed by atoms with Gasteiger partial charge in [-0.3, -0.25) is 9.59 Å². The van der Waals surface area contributed by atoms with Crippen LogP contribution in [0.15, 0.2) is 24.3 Å². The zero-order chi connectivity index (χ0) is 14.0. The molecule has 0 aliphatic heterocycles. The van der Waals surface area contributed by atoms with Gasteiger partial charge in [-0.15, -0.1) is 0 Å². The van der Waals surface area contributed by atoms with Gasteiger partial charge in [-0.1, -0.05) is 12.1 Å². The van der Waals surface area contributed by atoms with Gasteiger partial charge >= 0.3 is 11.9 Å². The average Bonchev–Trinajstić information content (AvgIpc) is 3.22. The molecule has 5 nitrogen and oxygen atoms in total. The van der Waals surface area contributed by atoms with Crippen molar-refractivity contribution in [3.8, 4) is 6.07 Å². The maximum atomic E-state index is 11.8. The molecule has 1 atom stereocenters. The summed E-state index contributed by atoms with van der Waals surface area (Å²) in [5.41, 5.74) is 0.137. The van der Waals surface area contributed by atoms with Crippen molar-refractivity contribution in [2.75, 3.05) is 14.2 Å². The Morgan fingerprint density at radius 3 is 2.16 bits per heavy atom. The molecule has 0 spiro atoms. The first kappa shape index (κ1) is 13.1. The minimum absolute atomic E-state index is 0.250. The van der Waals surface area contributed by atoms with Gasteiger partial charge in [0, 0.05) is 5.92 Å². The molecule has 1 saturated carbocycles. The summed E-state index contributed by atoms with van der Waals surface area (Å²) in [6.45, 7) is 0. The number of carbonyl (C=O) groups is 2. The number of hydrogen-bond donors (Lipinski definition) is 0. The van der Waals surface area contributed by atoms with Crippen molar-refractivity contribution >= 4 is 11.9 Å². The lowest BCUT2D eigenvalue weighted by Gasteiger charge is -2.12. The molecule has 0 amide bonds. The van der Waals surface area contributed by atoms with E-state index in [2.05, 4.69) is 0 Å². The fraction of sp³-hybridized carbons (Fsp3) is 0.357. The highest BCUT2D eigenvalue weighted by atomic mass is 16.5. The summed E-state index contributed by atoms with van der Waals surface area (Å²) in [7, 11) is 2.50. The van der Waals surface area contributed by atoms with Crippen LogP contribution >= 0.6 is 0 Å². The van der Waals surface area contributed by atoms with E-state index < -0.39 is 17.4 Å². The molecule has 0 N–H and O–H groups in total. The Bertz CT molecular complexity index is 540. The fourth-order valence-corrected chi connectivity index (χ4v) is 2.35. The lowest BCUT2D eigenvalue weighted by atomic mass is 9.98. The Balaban J connectivity index is 2.30. The van der Waals surface area contributed by atoms with E-state index in [1.165, 1.54) is 14.2 Å². The van der Waals surface area contributed by atoms with Gasteiger partial charge in [0.15, 0.2) is 5.41 Å². The monoisotopic (exact) mass is 259 g/mol. The molecule has 0 aromatic heterocycles. The highest BCUT2D eigenvalue weighted by Gasteiger charge is 2.68. The van der Waals surface area contributed by atoms with Gasteiger partial charge in [0.05, 0.1) is 25.9 Å². The van der Waals surface area contributed by atoms with Crippen LogP contribution in [0, 0.1) is 16.7 Å². The van der Waals surface area contributed by atoms with Gasteiger partial charge < -0.3 is 9.47 Å². The van der Waals surface area contributed by atoms with Crippen molar-refractivity contribution in [3.63, 3.8) is 0 Å². The molecule has 2 rings (SSSR count). The fourth-order valence-electron chi connectivity index (χ4n) is 2.35. The molecule has 1 aliphatic rings. The predicted octanol–water partition coefficient (Wildman–Crippen LogP) is 1.38. The van der Waals surface area contributed by atoms with Gasteiger partial charge in [-0.25, -0.2) is 0 Å². The summed E-state index contributed by atoms with van der Waals surface area (Å²) < 4.78 is 9.41. The summed E-state index contributed by atoms with van der Waals surface area (Å²) in [4.78, 5) is 23.7. The van der Waals surface area contributed by atoms with Crippen LogP contribution in [0.1, 0.15) is 23.5 Å². The molecule has 0 bridgehead atoms. The molecule has 1 fully saturated rings. The first-order valence-corrected chi connectivity index (χ1v) is 5.77. The molecule has 19 heavy (non-hydrogen) atoms. The van der Waals surface area contributed by atoms with Crippen LogP contribution in [0.5, 0.6) is 0 Å². The van der Waals surface area contributed by atoms with Crippen LogP contribution in [0.3, 0.4) is 0 Å². The second kappa shape index (κ2) is 4.73. The zero-order valence-electron chi connectivity index (χ0n) is 10.7. The lowest BCUT2D eigenvalue weighted by molar-refractivity contribution is -0.161. The summed E-state index contributed by atoms with van der Waals surface area (Å²) in [6, 6.07) is 8.83. The zero-order valence-corrected chi connectivity index (χ0v) is 10.7.